The molecule has 0 amide bonds. The topological polar surface area (TPSA) is 52.6 Å². The van der Waals surface area contributed by atoms with Crippen LogP contribution < -0.4 is 10.2 Å². The summed E-state index contributed by atoms with van der Waals surface area (Å²) < 4.78 is 16.7. The van der Waals surface area contributed by atoms with Crippen LogP contribution in [0.3, 0.4) is 0 Å². The number of hydrogen-bond acceptors (Lipinski definition) is 4. The van der Waals surface area contributed by atoms with Gasteiger partial charge in [-0.3, -0.25) is 4.79 Å². The average molecular weight is 292 g/mol. The molecule has 2 aromatic heterocycles. The monoisotopic (exact) mass is 292 g/mol. The zero-order valence-corrected chi connectivity index (χ0v) is 11.8. The highest BCUT2D eigenvalue weighted by Gasteiger charge is 2.14. The molecule has 0 aliphatic rings. The van der Waals surface area contributed by atoms with Gasteiger partial charge in [-0.1, -0.05) is 30.3 Å². The summed E-state index contributed by atoms with van der Waals surface area (Å²) in [5.41, 5.74) is 1.70. The fourth-order valence-corrected chi connectivity index (χ4v) is 2.53. The van der Waals surface area contributed by atoms with Crippen LogP contribution in [0.2, 0.25) is 0 Å². The molecular formula is C18H12O4. The van der Waals surface area contributed by atoms with E-state index in [0.717, 1.165) is 10.9 Å². The van der Waals surface area contributed by atoms with Crippen molar-refractivity contribution in [2.24, 2.45) is 0 Å². The van der Waals surface area contributed by atoms with Crippen LogP contribution in [0.1, 0.15) is 0 Å². The highest BCUT2D eigenvalue weighted by atomic mass is 16.6. The Labute approximate surface area is 125 Å². The van der Waals surface area contributed by atoms with Crippen LogP contribution >= 0.6 is 0 Å². The lowest BCUT2D eigenvalue weighted by molar-refractivity contribution is 0.315. The van der Waals surface area contributed by atoms with E-state index in [1.165, 1.54) is 13.2 Å². The SMILES string of the molecule is COc1cc2ccc3c(=O)cc(-c4ccccc4)oc3c2o1. The summed E-state index contributed by atoms with van der Waals surface area (Å²) in [7, 11) is 1.53. The Hall–Kier alpha value is -3.01. The van der Waals surface area contributed by atoms with Crippen molar-refractivity contribution in [3.8, 4) is 17.3 Å². The number of hydrogen-bond donors (Lipinski definition) is 0. The van der Waals surface area contributed by atoms with Crippen molar-refractivity contribution < 1.29 is 13.6 Å². The van der Waals surface area contributed by atoms with Gasteiger partial charge in [0.2, 0.25) is 0 Å². The Bertz CT molecular complexity index is 1030. The second kappa shape index (κ2) is 4.77. The molecule has 0 bridgehead atoms. The molecule has 0 aliphatic heterocycles. The average Bonchev–Trinajstić information content (AvgIpc) is 2.99. The highest BCUT2D eigenvalue weighted by molar-refractivity contribution is 6.01. The summed E-state index contributed by atoms with van der Waals surface area (Å²) in [5, 5.41) is 1.32. The lowest BCUT2D eigenvalue weighted by atomic mass is 10.1. The number of benzene rings is 2. The first-order chi connectivity index (χ1) is 10.8. The first kappa shape index (κ1) is 12.7. The Morgan fingerprint density at radius 3 is 2.50 bits per heavy atom. The molecule has 22 heavy (non-hydrogen) atoms. The molecule has 0 unspecified atom stereocenters. The normalized spacial score (nSPS) is 11.1. The zero-order valence-electron chi connectivity index (χ0n) is 11.8. The maximum atomic E-state index is 12.4. The van der Waals surface area contributed by atoms with E-state index in [4.69, 9.17) is 13.6 Å². The molecule has 0 spiro atoms. The minimum Gasteiger partial charge on any atom is -0.468 e. The predicted molar refractivity (Wildman–Crippen MR) is 84.2 cm³/mol. The van der Waals surface area contributed by atoms with Crippen LogP contribution in [0.5, 0.6) is 5.95 Å². The minimum atomic E-state index is -0.0997. The molecular weight excluding hydrogens is 280 g/mol. The van der Waals surface area contributed by atoms with Gasteiger partial charge in [-0.15, -0.1) is 0 Å². The van der Waals surface area contributed by atoms with Gasteiger partial charge in [0.1, 0.15) is 5.76 Å². The van der Waals surface area contributed by atoms with Gasteiger partial charge in [0.15, 0.2) is 16.6 Å². The Morgan fingerprint density at radius 2 is 1.73 bits per heavy atom. The molecule has 0 atom stereocenters. The maximum absolute atomic E-state index is 12.4. The molecule has 0 fully saturated rings. The molecule has 0 radical (unpaired) electrons. The molecule has 4 heteroatoms. The summed E-state index contributed by atoms with van der Waals surface area (Å²) in [6.07, 6.45) is 0. The van der Waals surface area contributed by atoms with Crippen molar-refractivity contribution in [3.63, 3.8) is 0 Å². The molecule has 4 rings (SSSR count). The molecule has 0 N–H and O–H groups in total. The lowest BCUT2D eigenvalue weighted by Gasteiger charge is -2.03. The minimum absolute atomic E-state index is 0.0997. The molecule has 0 aliphatic carbocycles. The van der Waals surface area contributed by atoms with Crippen LogP contribution in [0.25, 0.3) is 33.3 Å². The van der Waals surface area contributed by atoms with E-state index in [2.05, 4.69) is 0 Å². The zero-order chi connectivity index (χ0) is 15.1. The van der Waals surface area contributed by atoms with E-state index < -0.39 is 0 Å². The van der Waals surface area contributed by atoms with Gasteiger partial charge in [0, 0.05) is 23.1 Å². The van der Waals surface area contributed by atoms with Crippen molar-refractivity contribution in [1.29, 1.82) is 0 Å². The molecule has 0 saturated heterocycles. The third-order valence-electron chi connectivity index (χ3n) is 3.62. The summed E-state index contributed by atoms with van der Waals surface area (Å²) in [4.78, 5) is 12.4. The van der Waals surface area contributed by atoms with E-state index in [1.54, 1.807) is 12.1 Å². The fraction of sp³-hybridized carbons (Fsp3) is 0.0556. The number of fused-ring (bicyclic) bond motifs is 3. The van der Waals surface area contributed by atoms with Gasteiger partial charge in [0.05, 0.1) is 12.5 Å². The Balaban J connectivity index is 2.08. The summed E-state index contributed by atoms with van der Waals surface area (Å²) in [5.74, 6) is 0.899. The Morgan fingerprint density at radius 1 is 0.909 bits per heavy atom. The lowest BCUT2D eigenvalue weighted by Crippen LogP contribution is -2.00. The van der Waals surface area contributed by atoms with Gasteiger partial charge in [-0.2, -0.15) is 0 Å². The number of methoxy groups -OCH3 is 1. The first-order valence-corrected chi connectivity index (χ1v) is 6.86. The largest absolute Gasteiger partial charge is 0.468 e. The molecule has 2 aromatic carbocycles. The molecule has 4 nitrogen and oxygen atoms in total. The maximum Gasteiger partial charge on any atom is 0.285 e. The highest BCUT2D eigenvalue weighted by Crippen LogP contribution is 2.32. The number of ether oxygens (including phenoxy) is 1. The first-order valence-electron chi connectivity index (χ1n) is 6.86. The summed E-state index contributed by atoms with van der Waals surface area (Å²) in [6, 6.07) is 16.3. The van der Waals surface area contributed by atoms with Gasteiger partial charge >= 0.3 is 0 Å². The van der Waals surface area contributed by atoms with Gasteiger partial charge in [0.25, 0.3) is 5.95 Å². The van der Waals surface area contributed by atoms with Crippen LogP contribution in [0.15, 0.2) is 68.2 Å². The van der Waals surface area contributed by atoms with Crippen molar-refractivity contribution in [1.82, 2.24) is 0 Å². The number of rotatable bonds is 2. The fourth-order valence-electron chi connectivity index (χ4n) is 2.53. The van der Waals surface area contributed by atoms with E-state index >= 15 is 0 Å². The Kier molecular flexibility index (Phi) is 2.76. The third kappa shape index (κ3) is 1.89. The number of furan rings is 1. The quantitative estimate of drug-likeness (QED) is 0.555. The second-order valence-electron chi connectivity index (χ2n) is 4.97. The van der Waals surface area contributed by atoms with Gasteiger partial charge in [-0.05, 0) is 12.1 Å². The molecule has 4 aromatic rings. The standard InChI is InChI=1S/C18H12O4/c1-20-16-9-12-7-8-13-14(19)10-15(11-5-3-2-4-6-11)21-18(13)17(12)22-16/h2-10H,1H3. The second-order valence-corrected chi connectivity index (χ2v) is 4.97. The van der Waals surface area contributed by atoms with Gasteiger partial charge < -0.3 is 13.6 Å². The summed E-state index contributed by atoms with van der Waals surface area (Å²) >= 11 is 0. The van der Waals surface area contributed by atoms with Crippen molar-refractivity contribution in [2.45, 2.75) is 0 Å². The van der Waals surface area contributed by atoms with E-state index in [9.17, 15) is 4.79 Å². The van der Waals surface area contributed by atoms with Crippen molar-refractivity contribution >= 4 is 21.9 Å². The molecule has 108 valence electrons. The van der Waals surface area contributed by atoms with Crippen LogP contribution in [-0.2, 0) is 0 Å². The molecule has 2 heterocycles. The van der Waals surface area contributed by atoms with Crippen molar-refractivity contribution in [3.05, 3.63) is 64.8 Å². The van der Waals surface area contributed by atoms with Crippen LogP contribution in [-0.4, -0.2) is 7.11 Å². The van der Waals surface area contributed by atoms with E-state index in [1.807, 2.05) is 36.4 Å². The molecule has 0 saturated carbocycles. The van der Waals surface area contributed by atoms with Crippen LogP contribution in [0.4, 0.5) is 0 Å². The predicted octanol–water partition coefficient (Wildman–Crippen LogP) is 4.21. The summed E-state index contributed by atoms with van der Waals surface area (Å²) in [6.45, 7) is 0. The van der Waals surface area contributed by atoms with Crippen molar-refractivity contribution in [2.75, 3.05) is 7.11 Å². The van der Waals surface area contributed by atoms with Crippen LogP contribution in [0, 0.1) is 0 Å². The third-order valence-corrected chi connectivity index (χ3v) is 3.62. The van der Waals surface area contributed by atoms with Gasteiger partial charge in [-0.25, -0.2) is 0 Å². The van der Waals surface area contributed by atoms with E-state index in [-0.39, 0.29) is 5.43 Å². The van der Waals surface area contributed by atoms with E-state index in [0.29, 0.717) is 28.3 Å². The smallest absolute Gasteiger partial charge is 0.285 e.